The molecule has 0 bridgehead atoms. The van der Waals surface area contributed by atoms with Crippen molar-refractivity contribution in [2.24, 2.45) is 17.4 Å². The molecule has 0 spiro atoms. The summed E-state index contributed by atoms with van der Waals surface area (Å²) in [5.41, 5.74) is 11.1. The predicted octanol–water partition coefficient (Wildman–Crippen LogP) is -0.251. The number of fused-ring (bicyclic) bond motifs is 1. The molecule has 2 aliphatic heterocycles. The van der Waals surface area contributed by atoms with E-state index in [4.69, 9.17) is 11.5 Å². The van der Waals surface area contributed by atoms with Gasteiger partial charge >= 0.3 is 0 Å². The van der Waals surface area contributed by atoms with Gasteiger partial charge in [-0.15, -0.1) is 0 Å². The number of carbonyl (C=O) groups excluding carboxylic acids is 1. The summed E-state index contributed by atoms with van der Waals surface area (Å²) in [7, 11) is 0. The Kier molecular flexibility index (Phi) is 3.53. The number of nitrogens with two attached hydrogens (primary N) is 2. The van der Waals surface area contributed by atoms with Crippen LogP contribution in [0.3, 0.4) is 0 Å². The van der Waals surface area contributed by atoms with Gasteiger partial charge in [-0.2, -0.15) is 0 Å². The number of hydrogen-bond donors (Lipinski definition) is 2. The largest absolute Gasteiger partial charge is 0.368 e. The average molecular weight is 266 g/mol. The van der Waals surface area contributed by atoms with Crippen molar-refractivity contribution in [1.82, 2.24) is 9.80 Å². The van der Waals surface area contributed by atoms with E-state index in [1.165, 1.54) is 25.8 Å². The molecular formula is C14H26N4O. The van der Waals surface area contributed by atoms with Crippen LogP contribution in [-0.2, 0) is 4.79 Å². The fraction of sp³-hybridized carbons (Fsp3) is 0.929. The second-order valence-electron chi connectivity index (χ2n) is 6.60. The third-order valence-electron chi connectivity index (χ3n) is 5.17. The maximum Gasteiger partial charge on any atom is 0.239 e. The van der Waals surface area contributed by atoms with E-state index in [-0.39, 0.29) is 5.91 Å². The molecule has 108 valence electrons. The molecule has 5 heteroatoms. The highest BCUT2D eigenvalue weighted by Crippen LogP contribution is 2.39. The normalized spacial score (nSPS) is 32.6. The van der Waals surface area contributed by atoms with Crippen LogP contribution in [0.5, 0.6) is 0 Å². The van der Waals surface area contributed by atoms with Crippen LogP contribution in [0.1, 0.15) is 32.1 Å². The lowest BCUT2D eigenvalue weighted by Crippen LogP contribution is -2.64. The van der Waals surface area contributed by atoms with Crippen LogP contribution in [-0.4, -0.2) is 60.0 Å². The molecule has 5 nitrogen and oxygen atoms in total. The number of carbonyl (C=O) groups is 1. The van der Waals surface area contributed by atoms with Crippen molar-refractivity contribution in [3.8, 4) is 0 Å². The van der Waals surface area contributed by atoms with E-state index >= 15 is 0 Å². The van der Waals surface area contributed by atoms with Gasteiger partial charge in [0, 0.05) is 32.2 Å². The zero-order valence-electron chi connectivity index (χ0n) is 11.7. The second kappa shape index (κ2) is 5.04. The molecule has 2 unspecified atom stereocenters. The smallest absolute Gasteiger partial charge is 0.239 e. The Morgan fingerprint density at radius 2 is 1.95 bits per heavy atom. The molecule has 2 atom stereocenters. The lowest BCUT2D eigenvalue weighted by atomic mass is 9.91. The summed E-state index contributed by atoms with van der Waals surface area (Å²) in [6.45, 7) is 5.08. The number of hydrogen-bond acceptors (Lipinski definition) is 4. The van der Waals surface area contributed by atoms with Gasteiger partial charge < -0.3 is 11.5 Å². The number of amides is 1. The topological polar surface area (TPSA) is 75.6 Å². The van der Waals surface area contributed by atoms with Crippen LogP contribution < -0.4 is 11.5 Å². The van der Waals surface area contributed by atoms with Crippen molar-refractivity contribution in [3.63, 3.8) is 0 Å². The highest BCUT2D eigenvalue weighted by molar-refractivity contribution is 5.85. The first-order valence-electron chi connectivity index (χ1n) is 7.65. The van der Waals surface area contributed by atoms with Gasteiger partial charge in [-0.25, -0.2) is 0 Å². The lowest BCUT2D eigenvalue weighted by Gasteiger charge is -2.46. The molecule has 1 saturated carbocycles. The number of nitrogens with zero attached hydrogens (tertiary/aromatic N) is 2. The maximum atomic E-state index is 11.7. The van der Waals surface area contributed by atoms with Crippen molar-refractivity contribution >= 4 is 5.91 Å². The van der Waals surface area contributed by atoms with Crippen molar-refractivity contribution in [3.05, 3.63) is 0 Å². The molecule has 3 rings (SSSR count). The van der Waals surface area contributed by atoms with Gasteiger partial charge in [0.2, 0.25) is 5.91 Å². The first-order valence-corrected chi connectivity index (χ1v) is 7.65. The molecule has 0 aromatic carbocycles. The summed E-state index contributed by atoms with van der Waals surface area (Å²) >= 11 is 0. The summed E-state index contributed by atoms with van der Waals surface area (Å²) in [6.07, 6.45) is 6.07. The number of rotatable bonds is 4. The highest BCUT2D eigenvalue weighted by Gasteiger charge is 2.48. The van der Waals surface area contributed by atoms with Crippen molar-refractivity contribution in [2.45, 2.75) is 43.7 Å². The van der Waals surface area contributed by atoms with Crippen LogP contribution in [0.15, 0.2) is 0 Å². The molecule has 3 aliphatic rings. The van der Waals surface area contributed by atoms with Crippen LogP contribution in [0, 0.1) is 5.92 Å². The van der Waals surface area contributed by atoms with Crippen molar-refractivity contribution < 1.29 is 4.79 Å². The van der Waals surface area contributed by atoms with Gasteiger partial charge in [-0.3, -0.25) is 14.6 Å². The van der Waals surface area contributed by atoms with E-state index in [1.807, 2.05) is 0 Å². The fourth-order valence-electron chi connectivity index (χ4n) is 3.74. The Morgan fingerprint density at radius 3 is 2.63 bits per heavy atom. The fourth-order valence-corrected chi connectivity index (χ4v) is 3.74. The Bertz CT molecular complexity index is 357. The zero-order chi connectivity index (χ0) is 13.5. The van der Waals surface area contributed by atoms with E-state index in [0.29, 0.717) is 18.5 Å². The summed E-state index contributed by atoms with van der Waals surface area (Å²) in [4.78, 5) is 16.7. The predicted molar refractivity (Wildman–Crippen MR) is 74.5 cm³/mol. The minimum atomic E-state index is -0.795. The number of primary amides is 1. The summed E-state index contributed by atoms with van der Waals surface area (Å²) < 4.78 is 0. The lowest BCUT2D eigenvalue weighted by molar-refractivity contribution is -0.125. The molecule has 0 aromatic heterocycles. The van der Waals surface area contributed by atoms with E-state index in [0.717, 1.165) is 32.5 Å². The van der Waals surface area contributed by atoms with Gasteiger partial charge in [-0.1, -0.05) is 6.42 Å². The minimum Gasteiger partial charge on any atom is -0.368 e. The Morgan fingerprint density at radius 1 is 1.16 bits per heavy atom. The molecule has 0 radical (unpaired) electrons. The third kappa shape index (κ3) is 2.64. The van der Waals surface area contributed by atoms with E-state index in [9.17, 15) is 4.79 Å². The number of piperidine rings is 1. The maximum absolute atomic E-state index is 11.7. The van der Waals surface area contributed by atoms with Crippen LogP contribution >= 0.6 is 0 Å². The molecule has 1 aliphatic carbocycles. The van der Waals surface area contributed by atoms with E-state index in [1.54, 1.807) is 0 Å². The van der Waals surface area contributed by atoms with Gasteiger partial charge in [-0.05, 0) is 38.1 Å². The van der Waals surface area contributed by atoms with Gasteiger partial charge in [0.15, 0.2) is 0 Å². The molecular weight excluding hydrogens is 240 g/mol. The quantitative estimate of drug-likeness (QED) is 0.736. The highest BCUT2D eigenvalue weighted by atomic mass is 16.1. The molecule has 19 heavy (non-hydrogen) atoms. The monoisotopic (exact) mass is 266 g/mol. The second-order valence-corrected chi connectivity index (χ2v) is 6.60. The first kappa shape index (κ1) is 13.3. The number of piperazine rings is 1. The van der Waals surface area contributed by atoms with Crippen LogP contribution in [0.25, 0.3) is 0 Å². The van der Waals surface area contributed by atoms with Gasteiger partial charge in [0.25, 0.3) is 0 Å². The molecule has 4 N–H and O–H groups in total. The SMILES string of the molecule is NC(=O)C(N)(CN1CCN2CCCCC2C1)C1CC1. The Hall–Kier alpha value is -0.650. The molecule has 3 fully saturated rings. The molecule has 2 heterocycles. The van der Waals surface area contributed by atoms with E-state index < -0.39 is 5.54 Å². The average Bonchev–Trinajstić information content (AvgIpc) is 3.23. The summed E-state index contributed by atoms with van der Waals surface area (Å²) in [6, 6.07) is 0.666. The summed E-state index contributed by atoms with van der Waals surface area (Å²) in [5.74, 6) is -0.00420. The minimum absolute atomic E-state index is 0.314. The Balaban J connectivity index is 1.62. The van der Waals surface area contributed by atoms with Crippen LogP contribution in [0.4, 0.5) is 0 Å². The van der Waals surface area contributed by atoms with Gasteiger partial charge in [0.1, 0.15) is 5.54 Å². The molecule has 1 amide bonds. The Labute approximate surface area is 115 Å². The molecule has 0 aromatic rings. The van der Waals surface area contributed by atoms with E-state index in [2.05, 4.69) is 9.80 Å². The first-order chi connectivity index (χ1) is 9.09. The third-order valence-corrected chi connectivity index (χ3v) is 5.17. The van der Waals surface area contributed by atoms with Gasteiger partial charge in [0.05, 0.1) is 0 Å². The summed E-state index contributed by atoms with van der Waals surface area (Å²) in [5, 5.41) is 0. The standard InChI is InChI=1S/C14H26N4O/c15-13(19)14(16,11-4-5-11)10-17-7-8-18-6-2-1-3-12(18)9-17/h11-12H,1-10,16H2,(H2,15,19). The molecule has 2 saturated heterocycles. The van der Waals surface area contributed by atoms with Crippen molar-refractivity contribution in [1.29, 1.82) is 0 Å². The van der Waals surface area contributed by atoms with Crippen LogP contribution in [0.2, 0.25) is 0 Å². The zero-order valence-corrected chi connectivity index (χ0v) is 11.7. The van der Waals surface area contributed by atoms with Crippen molar-refractivity contribution in [2.75, 3.05) is 32.7 Å².